The van der Waals surface area contributed by atoms with Gasteiger partial charge in [0.25, 0.3) is 5.91 Å². The van der Waals surface area contributed by atoms with Crippen molar-refractivity contribution in [3.8, 4) is 0 Å². The number of hydrogen-bond acceptors (Lipinski definition) is 2. The third-order valence-corrected chi connectivity index (χ3v) is 4.33. The number of carbonyl (C=O) groups is 1. The molecule has 1 saturated heterocycles. The Bertz CT molecular complexity index is 657. The summed E-state index contributed by atoms with van der Waals surface area (Å²) in [5, 5.41) is 0.482. The molecule has 4 heteroatoms. The van der Waals surface area contributed by atoms with E-state index in [1.165, 1.54) is 5.56 Å². The first-order valence-electron chi connectivity index (χ1n) is 7.04. The van der Waals surface area contributed by atoms with Gasteiger partial charge >= 0.3 is 0 Å². The van der Waals surface area contributed by atoms with E-state index in [-0.39, 0.29) is 5.91 Å². The summed E-state index contributed by atoms with van der Waals surface area (Å²) in [6.45, 7) is 1.53. The largest absolute Gasteiger partial charge is 0.398 e. The smallest absolute Gasteiger partial charge is 0.253 e. The Balaban J connectivity index is 1.74. The van der Waals surface area contributed by atoms with Crippen LogP contribution >= 0.6 is 11.6 Å². The molecule has 3 nitrogen and oxygen atoms in total. The number of likely N-dealkylation sites (tertiary alicyclic amines) is 1. The van der Waals surface area contributed by atoms with Gasteiger partial charge in [0, 0.05) is 24.6 Å². The Kier molecular flexibility index (Phi) is 3.84. The minimum absolute atomic E-state index is 0.0248. The summed E-state index contributed by atoms with van der Waals surface area (Å²) < 4.78 is 0. The van der Waals surface area contributed by atoms with Gasteiger partial charge in [-0.05, 0) is 30.2 Å². The Hall–Kier alpha value is -2.00. The number of carbonyl (C=O) groups excluding carboxylic acids is 1. The molecule has 1 amide bonds. The lowest BCUT2D eigenvalue weighted by Gasteiger charge is -2.17. The lowest BCUT2D eigenvalue weighted by molar-refractivity contribution is 0.0791. The van der Waals surface area contributed by atoms with E-state index < -0.39 is 0 Å². The first-order chi connectivity index (χ1) is 10.1. The fourth-order valence-corrected chi connectivity index (χ4v) is 2.92. The number of nitrogens with zero attached hydrogens (tertiary/aromatic N) is 1. The fraction of sp³-hybridized carbons (Fsp3) is 0.235. The molecule has 0 radical (unpaired) electrons. The van der Waals surface area contributed by atoms with Gasteiger partial charge in [-0.1, -0.05) is 41.9 Å². The third kappa shape index (κ3) is 2.88. The average molecular weight is 301 g/mol. The zero-order valence-corrected chi connectivity index (χ0v) is 12.4. The summed E-state index contributed by atoms with van der Waals surface area (Å²) in [5.74, 6) is 0.441. The molecule has 0 spiro atoms. The predicted octanol–water partition coefficient (Wildman–Crippen LogP) is 3.55. The van der Waals surface area contributed by atoms with Crippen molar-refractivity contribution in [2.75, 3.05) is 18.8 Å². The van der Waals surface area contributed by atoms with Gasteiger partial charge in [-0.15, -0.1) is 0 Å². The van der Waals surface area contributed by atoms with E-state index in [9.17, 15) is 4.79 Å². The maximum atomic E-state index is 12.5. The number of nitrogens with two attached hydrogens (primary N) is 1. The summed E-state index contributed by atoms with van der Waals surface area (Å²) in [6.07, 6.45) is 0.999. The second kappa shape index (κ2) is 5.78. The lowest BCUT2D eigenvalue weighted by atomic mass is 9.99. The molecule has 1 fully saturated rings. The van der Waals surface area contributed by atoms with Crippen molar-refractivity contribution in [3.05, 3.63) is 64.7 Å². The summed E-state index contributed by atoms with van der Waals surface area (Å²) in [5.41, 5.74) is 8.12. The zero-order valence-electron chi connectivity index (χ0n) is 11.6. The topological polar surface area (TPSA) is 46.3 Å². The van der Waals surface area contributed by atoms with Crippen LogP contribution in [0.2, 0.25) is 5.02 Å². The van der Waals surface area contributed by atoms with Crippen LogP contribution in [0, 0.1) is 0 Å². The number of hydrogen-bond donors (Lipinski definition) is 1. The first-order valence-corrected chi connectivity index (χ1v) is 7.42. The number of benzene rings is 2. The van der Waals surface area contributed by atoms with E-state index in [0.717, 1.165) is 19.5 Å². The molecule has 1 aliphatic heterocycles. The quantitative estimate of drug-likeness (QED) is 0.862. The highest BCUT2D eigenvalue weighted by molar-refractivity contribution is 6.33. The Morgan fingerprint density at radius 2 is 1.95 bits per heavy atom. The van der Waals surface area contributed by atoms with E-state index in [2.05, 4.69) is 12.1 Å². The molecule has 1 heterocycles. The van der Waals surface area contributed by atoms with Gasteiger partial charge in [0.15, 0.2) is 0 Å². The van der Waals surface area contributed by atoms with Crippen LogP contribution in [-0.2, 0) is 0 Å². The number of anilines is 1. The van der Waals surface area contributed by atoms with E-state index >= 15 is 0 Å². The number of halogens is 1. The monoisotopic (exact) mass is 300 g/mol. The highest BCUT2D eigenvalue weighted by Gasteiger charge is 2.27. The Morgan fingerprint density at radius 3 is 2.67 bits per heavy atom. The van der Waals surface area contributed by atoms with Gasteiger partial charge in [0.05, 0.1) is 10.7 Å². The third-order valence-electron chi connectivity index (χ3n) is 3.99. The van der Waals surface area contributed by atoms with E-state index in [1.54, 1.807) is 18.2 Å². The van der Waals surface area contributed by atoms with Gasteiger partial charge in [0.1, 0.15) is 0 Å². The SMILES string of the molecule is Nc1cc(C(=O)N2CCC(c3ccccc3)C2)ccc1Cl. The summed E-state index contributed by atoms with van der Waals surface area (Å²) in [6, 6.07) is 15.4. The van der Waals surface area contributed by atoms with Crippen LogP contribution in [0.3, 0.4) is 0 Å². The van der Waals surface area contributed by atoms with Gasteiger partial charge in [-0.3, -0.25) is 4.79 Å². The fourth-order valence-electron chi connectivity index (χ4n) is 2.80. The van der Waals surface area contributed by atoms with Gasteiger partial charge in [-0.25, -0.2) is 0 Å². The molecule has 1 atom stereocenters. The van der Waals surface area contributed by atoms with Crippen molar-refractivity contribution in [2.45, 2.75) is 12.3 Å². The maximum Gasteiger partial charge on any atom is 0.253 e. The van der Waals surface area contributed by atoms with Crippen molar-refractivity contribution < 1.29 is 4.79 Å². The molecular weight excluding hydrogens is 284 g/mol. The average Bonchev–Trinajstić information content (AvgIpc) is 3.00. The minimum atomic E-state index is 0.0248. The second-order valence-corrected chi connectivity index (χ2v) is 5.79. The van der Waals surface area contributed by atoms with E-state index in [0.29, 0.717) is 22.2 Å². The molecule has 2 aromatic carbocycles. The Morgan fingerprint density at radius 1 is 1.19 bits per heavy atom. The maximum absolute atomic E-state index is 12.5. The molecule has 0 aliphatic carbocycles. The first kappa shape index (κ1) is 14.0. The number of amides is 1. The van der Waals surface area contributed by atoms with Gasteiger partial charge < -0.3 is 10.6 Å². The van der Waals surface area contributed by atoms with Crippen LogP contribution in [0.5, 0.6) is 0 Å². The van der Waals surface area contributed by atoms with Crippen molar-refractivity contribution in [2.24, 2.45) is 0 Å². The summed E-state index contributed by atoms with van der Waals surface area (Å²) in [4.78, 5) is 14.4. The number of rotatable bonds is 2. The van der Waals surface area contributed by atoms with Crippen LogP contribution in [0.15, 0.2) is 48.5 Å². The van der Waals surface area contributed by atoms with Crippen LogP contribution in [0.1, 0.15) is 28.3 Å². The summed E-state index contributed by atoms with van der Waals surface area (Å²) in [7, 11) is 0. The molecule has 21 heavy (non-hydrogen) atoms. The molecule has 1 aliphatic rings. The highest BCUT2D eigenvalue weighted by atomic mass is 35.5. The van der Waals surface area contributed by atoms with E-state index in [4.69, 9.17) is 17.3 Å². The molecule has 2 aromatic rings. The van der Waals surface area contributed by atoms with Crippen LogP contribution in [0.25, 0.3) is 0 Å². The molecule has 1 unspecified atom stereocenters. The van der Waals surface area contributed by atoms with Crippen molar-refractivity contribution in [3.63, 3.8) is 0 Å². The normalized spacial score (nSPS) is 18.0. The summed E-state index contributed by atoms with van der Waals surface area (Å²) >= 11 is 5.90. The molecule has 0 saturated carbocycles. The minimum Gasteiger partial charge on any atom is -0.398 e. The molecular formula is C17H17ClN2O. The van der Waals surface area contributed by atoms with Crippen molar-refractivity contribution in [1.82, 2.24) is 4.90 Å². The standard InChI is InChI=1S/C17H17ClN2O/c18-15-7-6-13(10-16(15)19)17(21)20-9-8-14(11-20)12-4-2-1-3-5-12/h1-7,10,14H,8-9,11,19H2. The van der Waals surface area contributed by atoms with Gasteiger partial charge in [0.2, 0.25) is 0 Å². The predicted molar refractivity (Wildman–Crippen MR) is 85.6 cm³/mol. The van der Waals surface area contributed by atoms with Crippen LogP contribution < -0.4 is 5.73 Å². The molecule has 3 rings (SSSR count). The lowest BCUT2D eigenvalue weighted by Crippen LogP contribution is -2.28. The molecule has 2 N–H and O–H groups in total. The van der Waals surface area contributed by atoms with Crippen LogP contribution in [0.4, 0.5) is 5.69 Å². The van der Waals surface area contributed by atoms with Gasteiger partial charge in [-0.2, -0.15) is 0 Å². The van der Waals surface area contributed by atoms with Crippen LogP contribution in [-0.4, -0.2) is 23.9 Å². The van der Waals surface area contributed by atoms with Crippen molar-refractivity contribution >= 4 is 23.2 Å². The molecule has 0 aromatic heterocycles. The second-order valence-electron chi connectivity index (χ2n) is 5.38. The molecule has 0 bridgehead atoms. The van der Waals surface area contributed by atoms with E-state index in [1.807, 2.05) is 23.1 Å². The number of nitrogen functional groups attached to an aromatic ring is 1. The molecule has 108 valence electrons. The highest BCUT2D eigenvalue weighted by Crippen LogP contribution is 2.28. The zero-order chi connectivity index (χ0) is 14.8. The van der Waals surface area contributed by atoms with Crippen molar-refractivity contribution in [1.29, 1.82) is 0 Å². The Labute approximate surface area is 129 Å².